The third-order valence-corrected chi connectivity index (χ3v) is 0.975. The quantitative estimate of drug-likeness (QED) is 0.397. The molecule has 0 aromatic rings. The first-order chi connectivity index (χ1) is 5.72. The lowest BCUT2D eigenvalue weighted by Gasteiger charge is -2.11. The maximum atomic E-state index is 12.3. The molecule has 13 heavy (non-hydrogen) atoms. The lowest BCUT2D eigenvalue weighted by atomic mass is 10.3. The maximum Gasteiger partial charge on any atom is 0.395 e. The van der Waals surface area contributed by atoms with Gasteiger partial charge in [0.2, 0.25) is 0 Å². The topological polar surface area (TPSA) is 26.3 Å². The Morgan fingerprint density at radius 3 is 2.31 bits per heavy atom. The van der Waals surface area contributed by atoms with Crippen molar-refractivity contribution in [3.8, 4) is 0 Å². The van der Waals surface area contributed by atoms with Crippen LogP contribution in [-0.4, -0.2) is 18.5 Å². The van der Waals surface area contributed by atoms with Gasteiger partial charge in [-0.15, -0.1) is 0 Å². The molecule has 0 aliphatic carbocycles. The fourth-order valence-corrected chi connectivity index (χ4v) is 0.440. The van der Waals surface area contributed by atoms with E-state index in [-0.39, 0.29) is 5.57 Å². The van der Waals surface area contributed by atoms with E-state index in [9.17, 15) is 22.4 Å². The Hall–Kier alpha value is -1.07. The highest BCUT2D eigenvalue weighted by atomic mass is 19.4. The SMILES string of the molecule is C=C(C)C(=O)OC(F)CC(F)(F)F. The molecule has 2 nitrogen and oxygen atoms in total. The van der Waals surface area contributed by atoms with E-state index in [1.54, 1.807) is 0 Å². The zero-order valence-corrected chi connectivity index (χ0v) is 6.82. The summed E-state index contributed by atoms with van der Waals surface area (Å²) in [4.78, 5) is 10.5. The van der Waals surface area contributed by atoms with Gasteiger partial charge in [0.15, 0.2) is 0 Å². The summed E-state index contributed by atoms with van der Waals surface area (Å²) in [5.41, 5.74) is -0.148. The highest BCUT2D eigenvalue weighted by Crippen LogP contribution is 2.23. The molecule has 0 fully saturated rings. The van der Waals surface area contributed by atoms with Crippen molar-refractivity contribution in [1.82, 2.24) is 0 Å². The molecule has 0 radical (unpaired) electrons. The number of hydrogen-bond acceptors (Lipinski definition) is 2. The molecular formula is C7H8F4O2. The predicted octanol–water partition coefficient (Wildman–Crippen LogP) is 2.35. The van der Waals surface area contributed by atoms with Gasteiger partial charge in [-0.05, 0) is 6.92 Å². The first-order valence-electron chi connectivity index (χ1n) is 3.29. The minimum atomic E-state index is -4.69. The van der Waals surface area contributed by atoms with Crippen LogP contribution in [0.5, 0.6) is 0 Å². The normalized spacial score (nSPS) is 13.6. The van der Waals surface area contributed by atoms with Gasteiger partial charge in [0, 0.05) is 5.57 Å². The Kier molecular flexibility index (Phi) is 3.90. The lowest BCUT2D eigenvalue weighted by Crippen LogP contribution is -2.21. The highest BCUT2D eigenvalue weighted by molar-refractivity contribution is 5.86. The third kappa shape index (κ3) is 6.12. The summed E-state index contributed by atoms with van der Waals surface area (Å²) in [6, 6.07) is 0. The molecule has 0 aliphatic heterocycles. The number of rotatable bonds is 3. The summed E-state index contributed by atoms with van der Waals surface area (Å²) < 4.78 is 50.6. The second-order valence-electron chi connectivity index (χ2n) is 2.41. The van der Waals surface area contributed by atoms with Crippen LogP contribution in [0.2, 0.25) is 0 Å². The van der Waals surface area contributed by atoms with Crippen LogP contribution < -0.4 is 0 Å². The van der Waals surface area contributed by atoms with Crippen molar-refractivity contribution in [2.75, 3.05) is 0 Å². The molecule has 0 aliphatic rings. The van der Waals surface area contributed by atoms with Gasteiger partial charge in [-0.1, -0.05) is 6.58 Å². The smallest absolute Gasteiger partial charge is 0.395 e. The van der Waals surface area contributed by atoms with Gasteiger partial charge in [-0.3, -0.25) is 0 Å². The summed E-state index contributed by atoms with van der Waals surface area (Å²) in [7, 11) is 0. The molecule has 0 aromatic carbocycles. The molecule has 6 heteroatoms. The van der Waals surface area contributed by atoms with Crippen molar-refractivity contribution in [2.45, 2.75) is 25.9 Å². The molecular weight excluding hydrogens is 192 g/mol. The Bertz CT molecular complexity index is 209. The van der Waals surface area contributed by atoms with E-state index in [4.69, 9.17) is 0 Å². The number of halogens is 4. The summed E-state index contributed by atoms with van der Waals surface area (Å²) in [5.74, 6) is -1.17. The molecule has 0 aromatic heterocycles. The fourth-order valence-electron chi connectivity index (χ4n) is 0.440. The molecule has 0 saturated carbocycles. The summed E-state index contributed by atoms with van der Waals surface area (Å²) >= 11 is 0. The number of carbonyl (C=O) groups is 1. The van der Waals surface area contributed by atoms with E-state index < -0.39 is 24.9 Å². The van der Waals surface area contributed by atoms with Gasteiger partial charge >= 0.3 is 12.1 Å². The number of hydrogen-bond donors (Lipinski definition) is 0. The van der Waals surface area contributed by atoms with Crippen molar-refractivity contribution in [1.29, 1.82) is 0 Å². The molecule has 1 atom stereocenters. The van der Waals surface area contributed by atoms with Gasteiger partial charge < -0.3 is 4.74 Å². The Morgan fingerprint density at radius 2 is 2.00 bits per heavy atom. The van der Waals surface area contributed by atoms with Gasteiger partial charge in [0.05, 0.1) is 0 Å². The molecule has 0 amide bonds. The van der Waals surface area contributed by atoms with Crippen molar-refractivity contribution >= 4 is 5.97 Å². The summed E-state index contributed by atoms with van der Waals surface area (Å²) in [6.07, 6.45) is -9.15. The lowest BCUT2D eigenvalue weighted by molar-refractivity contribution is -0.188. The second-order valence-corrected chi connectivity index (χ2v) is 2.41. The fraction of sp³-hybridized carbons (Fsp3) is 0.571. The average Bonchev–Trinajstić information content (AvgIpc) is 1.81. The van der Waals surface area contributed by atoms with Gasteiger partial charge in [-0.25, -0.2) is 9.18 Å². The molecule has 0 bridgehead atoms. The van der Waals surface area contributed by atoms with Crippen LogP contribution in [0.4, 0.5) is 17.6 Å². The number of ether oxygens (including phenoxy) is 1. The average molecular weight is 200 g/mol. The standard InChI is InChI=1S/C7H8F4O2/c1-4(2)6(12)13-5(8)3-7(9,10)11/h5H,1,3H2,2H3. The Balaban J connectivity index is 3.95. The zero-order valence-electron chi connectivity index (χ0n) is 6.82. The minimum Gasteiger partial charge on any atom is -0.427 e. The summed E-state index contributed by atoms with van der Waals surface area (Å²) in [6.45, 7) is 4.29. The van der Waals surface area contributed by atoms with Crippen LogP contribution in [0.3, 0.4) is 0 Å². The van der Waals surface area contributed by atoms with Gasteiger partial charge in [0.25, 0.3) is 6.36 Å². The first-order valence-corrected chi connectivity index (χ1v) is 3.29. The number of alkyl halides is 4. The van der Waals surface area contributed by atoms with E-state index in [1.807, 2.05) is 0 Å². The van der Waals surface area contributed by atoms with Crippen LogP contribution >= 0.6 is 0 Å². The van der Waals surface area contributed by atoms with E-state index in [0.29, 0.717) is 0 Å². The van der Waals surface area contributed by atoms with E-state index in [0.717, 1.165) is 0 Å². The molecule has 76 valence electrons. The highest BCUT2D eigenvalue weighted by Gasteiger charge is 2.33. The third-order valence-electron chi connectivity index (χ3n) is 0.975. The number of carbonyl (C=O) groups excluding carboxylic acids is 1. The maximum absolute atomic E-state index is 12.3. The van der Waals surface area contributed by atoms with Crippen LogP contribution in [0.25, 0.3) is 0 Å². The summed E-state index contributed by atoms with van der Waals surface area (Å²) in [5, 5.41) is 0. The van der Waals surface area contributed by atoms with E-state index >= 15 is 0 Å². The van der Waals surface area contributed by atoms with Crippen molar-refractivity contribution in [3.05, 3.63) is 12.2 Å². The van der Waals surface area contributed by atoms with Gasteiger partial charge in [0.1, 0.15) is 6.42 Å². The Labute approximate surface area is 72.2 Å². The van der Waals surface area contributed by atoms with E-state index in [1.165, 1.54) is 6.92 Å². The Morgan fingerprint density at radius 1 is 1.54 bits per heavy atom. The molecule has 0 heterocycles. The molecule has 0 saturated heterocycles. The second kappa shape index (κ2) is 4.25. The molecule has 0 spiro atoms. The molecule has 1 unspecified atom stereocenters. The van der Waals surface area contributed by atoms with Crippen molar-refractivity contribution < 1.29 is 27.1 Å². The van der Waals surface area contributed by atoms with Crippen molar-refractivity contribution in [2.24, 2.45) is 0 Å². The number of esters is 1. The van der Waals surface area contributed by atoms with Crippen LogP contribution in [0, 0.1) is 0 Å². The molecule has 0 rings (SSSR count). The zero-order chi connectivity index (χ0) is 10.6. The molecule has 0 N–H and O–H groups in total. The largest absolute Gasteiger partial charge is 0.427 e. The van der Waals surface area contributed by atoms with Gasteiger partial charge in [-0.2, -0.15) is 13.2 Å². The van der Waals surface area contributed by atoms with E-state index in [2.05, 4.69) is 11.3 Å². The van der Waals surface area contributed by atoms with Crippen molar-refractivity contribution in [3.63, 3.8) is 0 Å². The predicted molar refractivity (Wildman–Crippen MR) is 36.5 cm³/mol. The van der Waals surface area contributed by atoms with Crippen LogP contribution in [0.15, 0.2) is 12.2 Å². The first kappa shape index (κ1) is 11.9. The van der Waals surface area contributed by atoms with Crippen LogP contribution in [0.1, 0.15) is 13.3 Å². The minimum absolute atomic E-state index is 0.148. The van der Waals surface area contributed by atoms with Crippen LogP contribution in [-0.2, 0) is 9.53 Å². The monoisotopic (exact) mass is 200 g/mol.